The summed E-state index contributed by atoms with van der Waals surface area (Å²) in [7, 11) is 1.37. The molecule has 0 saturated heterocycles. The monoisotopic (exact) mass is 303 g/mol. The van der Waals surface area contributed by atoms with E-state index >= 15 is 0 Å². The quantitative estimate of drug-likeness (QED) is 0.846. The molecule has 1 amide bonds. The van der Waals surface area contributed by atoms with Crippen molar-refractivity contribution in [3.8, 4) is 11.5 Å². The Bertz CT molecular complexity index is 460. The van der Waals surface area contributed by atoms with Crippen LogP contribution in [0.4, 0.5) is 0 Å². The van der Waals surface area contributed by atoms with E-state index in [9.17, 15) is 9.59 Å². The van der Waals surface area contributed by atoms with E-state index in [1.807, 2.05) is 0 Å². The standard InChI is InChI=1S/C10H10BrNO5/c1-16-7-3-5(10(14)15)2-6(11)9(7)17-4-8(12)13/h2-3H,4H2,1H3,(H2,12,13)(H,14,15). The van der Waals surface area contributed by atoms with E-state index in [1.165, 1.54) is 19.2 Å². The van der Waals surface area contributed by atoms with Crippen LogP contribution in [0.3, 0.4) is 0 Å². The Hall–Kier alpha value is -1.76. The average Bonchev–Trinajstić information content (AvgIpc) is 2.25. The number of benzene rings is 1. The lowest BCUT2D eigenvalue weighted by Crippen LogP contribution is -2.20. The van der Waals surface area contributed by atoms with Crippen molar-refractivity contribution in [3.05, 3.63) is 22.2 Å². The zero-order valence-electron chi connectivity index (χ0n) is 8.90. The van der Waals surface area contributed by atoms with Crippen LogP contribution >= 0.6 is 15.9 Å². The Morgan fingerprint density at radius 3 is 2.59 bits per heavy atom. The normalized spacial score (nSPS) is 9.76. The number of methoxy groups -OCH3 is 1. The summed E-state index contributed by atoms with van der Waals surface area (Å²) in [6.45, 7) is -0.318. The molecular formula is C10H10BrNO5. The second kappa shape index (κ2) is 5.53. The van der Waals surface area contributed by atoms with Crippen molar-refractivity contribution in [2.75, 3.05) is 13.7 Å². The highest BCUT2D eigenvalue weighted by Gasteiger charge is 2.15. The molecule has 0 unspecified atom stereocenters. The fraction of sp³-hybridized carbons (Fsp3) is 0.200. The lowest BCUT2D eigenvalue weighted by molar-refractivity contribution is -0.119. The summed E-state index contributed by atoms with van der Waals surface area (Å²) in [6, 6.07) is 2.64. The second-order valence-corrected chi connectivity index (χ2v) is 3.90. The van der Waals surface area contributed by atoms with Gasteiger partial charge in [-0.2, -0.15) is 0 Å². The van der Waals surface area contributed by atoms with Crippen LogP contribution in [0.2, 0.25) is 0 Å². The zero-order chi connectivity index (χ0) is 13.0. The Labute approximate surface area is 105 Å². The van der Waals surface area contributed by atoms with E-state index in [2.05, 4.69) is 15.9 Å². The molecule has 7 heteroatoms. The minimum absolute atomic E-state index is 0.0418. The molecule has 0 spiro atoms. The van der Waals surface area contributed by atoms with E-state index < -0.39 is 11.9 Å². The highest BCUT2D eigenvalue weighted by atomic mass is 79.9. The minimum Gasteiger partial charge on any atom is -0.493 e. The first-order valence-electron chi connectivity index (χ1n) is 4.47. The van der Waals surface area contributed by atoms with Gasteiger partial charge in [-0.1, -0.05) is 0 Å². The maximum absolute atomic E-state index is 10.8. The van der Waals surface area contributed by atoms with Crippen LogP contribution in [0.15, 0.2) is 16.6 Å². The molecule has 3 N–H and O–H groups in total. The molecule has 0 atom stereocenters. The van der Waals surface area contributed by atoms with E-state index in [-0.39, 0.29) is 23.7 Å². The lowest BCUT2D eigenvalue weighted by atomic mass is 10.2. The van der Waals surface area contributed by atoms with Gasteiger partial charge in [0.05, 0.1) is 17.1 Å². The van der Waals surface area contributed by atoms with Gasteiger partial charge in [-0.05, 0) is 28.1 Å². The molecule has 0 aromatic heterocycles. The van der Waals surface area contributed by atoms with Crippen molar-refractivity contribution in [3.63, 3.8) is 0 Å². The van der Waals surface area contributed by atoms with Crippen LogP contribution < -0.4 is 15.2 Å². The Morgan fingerprint density at radius 2 is 2.12 bits per heavy atom. The van der Waals surface area contributed by atoms with Crippen LogP contribution in [-0.2, 0) is 4.79 Å². The molecule has 1 aromatic carbocycles. The Kier molecular flexibility index (Phi) is 4.33. The largest absolute Gasteiger partial charge is 0.493 e. The van der Waals surface area contributed by atoms with Gasteiger partial charge in [0.15, 0.2) is 18.1 Å². The fourth-order valence-corrected chi connectivity index (χ4v) is 1.68. The van der Waals surface area contributed by atoms with Gasteiger partial charge >= 0.3 is 5.97 Å². The summed E-state index contributed by atoms with van der Waals surface area (Å²) < 4.78 is 10.5. The maximum Gasteiger partial charge on any atom is 0.335 e. The SMILES string of the molecule is COc1cc(C(=O)O)cc(Br)c1OCC(N)=O. The van der Waals surface area contributed by atoms with Gasteiger partial charge in [0, 0.05) is 0 Å². The molecule has 0 radical (unpaired) electrons. The van der Waals surface area contributed by atoms with E-state index in [4.69, 9.17) is 20.3 Å². The number of ether oxygens (including phenoxy) is 2. The number of carboxylic acid groups (broad SMARTS) is 1. The smallest absolute Gasteiger partial charge is 0.335 e. The Balaban J connectivity index is 3.12. The molecule has 0 heterocycles. The molecule has 0 aliphatic carbocycles. The third kappa shape index (κ3) is 3.35. The molecule has 17 heavy (non-hydrogen) atoms. The maximum atomic E-state index is 10.8. The van der Waals surface area contributed by atoms with E-state index in [0.717, 1.165) is 0 Å². The summed E-state index contributed by atoms with van der Waals surface area (Å²) in [5.41, 5.74) is 4.99. The number of carbonyl (C=O) groups excluding carboxylic acids is 1. The van der Waals surface area contributed by atoms with Crippen LogP contribution in [0.5, 0.6) is 11.5 Å². The predicted molar refractivity (Wildman–Crippen MR) is 62.3 cm³/mol. The van der Waals surface area contributed by atoms with Crippen molar-refractivity contribution in [1.82, 2.24) is 0 Å². The highest BCUT2D eigenvalue weighted by molar-refractivity contribution is 9.10. The summed E-state index contributed by atoms with van der Waals surface area (Å²) in [5.74, 6) is -1.29. The number of hydrogen-bond acceptors (Lipinski definition) is 4. The van der Waals surface area contributed by atoms with E-state index in [1.54, 1.807) is 0 Å². The van der Waals surface area contributed by atoms with Crippen LogP contribution in [-0.4, -0.2) is 30.7 Å². The fourth-order valence-electron chi connectivity index (χ4n) is 1.13. The molecule has 6 nitrogen and oxygen atoms in total. The number of carboxylic acids is 1. The van der Waals surface area contributed by atoms with Crippen molar-refractivity contribution in [1.29, 1.82) is 0 Å². The molecule has 0 saturated carbocycles. The van der Waals surface area contributed by atoms with Crippen molar-refractivity contribution < 1.29 is 24.2 Å². The topological polar surface area (TPSA) is 98.8 Å². The van der Waals surface area contributed by atoms with Gasteiger partial charge < -0.3 is 20.3 Å². The van der Waals surface area contributed by atoms with Crippen LogP contribution in [0.25, 0.3) is 0 Å². The number of rotatable bonds is 5. The molecule has 1 rings (SSSR count). The second-order valence-electron chi connectivity index (χ2n) is 3.05. The van der Waals surface area contributed by atoms with Gasteiger partial charge in [0.2, 0.25) is 0 Å². The number of amides is 1. The van der Waals surface area contributed by atoms with Crippen molar-refractivity contribution >= 4 is 27.8 Å². The van der Waals surface area contributed by atoms with Gasteiger partial charge in [-0.3, -0.25) is 4.79 Å². The molecule has 92 valence electrons. The number of halogens is 1. The number of hydrogen-bond donors (Lipinski definition) is 2. The zero-order valence-corrected chi connectivity index (χ0v) is 10.5. The van der Waals surface area contributed by atoms with Crippen molar-refractivity contribution in [2.24, 2.45) is 5.73 Å². The summed E-state index contributed by atoms with van der Waals surface area (Å²) in [5, 5.41) is 8.85. The van der Waals surface area contributed by atoms with Gasteiger partial charge in [0.25, 0.3) is 5.91 Å². The van der Waals surface area contributed by atoms with Crippen molar-refractivity contribution in [2.45, 2.75) is 0 Å². The molecular weight excluding hydrogens is 294 g/mol. The lowest BCUT2D eigenvalue weighted by Gasteiger charge is -2.12. The first-order valence-corrected chi connectivity index (χ1v) is 5.27. The molecule has 0 fully saturated rings. The first kappa shape index (κ1) is 13.3. The summed E-state index contributed by atoms with van der Waals surface area (Å²) >= 11 is 3.14. The van der Waals surface area contributed by atoms with Gasteiger partial charge in [0.1, 0.15) is 0 Å². The van der Waals surface area contributed by atoms with E-state index in [0.29, 0.717) is 4.47 Å². The van der Waals surface area contributed by atoms with Crippen LogP contribution in [0.1, 0.15) is 10.4 Å². The third-order valence-electron chi connectivity index (χ3n) is 1.84. The average molecular weight is 304 g/mol. The number of primary amides is 1. The molecule has 0 bridgehead atoms. The predicted octanol–water partition coefficient (Wildman–Crippen LogP) is 1.02. The van der Waals surface area contributed by atoms with Gasteiger partial charge in [-0.15, -0.1) is 0 Å². The first-order chi connectivity index (χ1) is 7.95. The number of nitrogens with two attached hydrogens (primary N) is 1. The third-order valence-corrected chi connectivity index (χ3v) is 2.42. The molecule has 0 aliphatic heterocycles. The van der Waals surface area contributed by atoms with Gasteiger partial charge in [-0.25, -0.2) is 4.79 Å². The summed E-state index contributed by atoms with van der Waals surface area (Å²) in [4.78, 5) is 21.4. The highest BCUT2D eigenvalue weighted by Crippen LogP contribution is 2.36. The number of aromatic carboxylic acids is 1. The molecule has 1 aromatic rings. The van der Waals surface area contributed by atoms with Crippen LogP contribution in [0, 0.1) is 0 Å². The number of carbonyl (C=O) groups is 2. The Morgan fingerprint density at radius 1 is 1.47 bits per heavy atom. The summed E-state index contributed by atoms with van der Waals surface area (Å²) in [6.07, 6.45) is 0. The molecule has 0 aliphatic rings. The minimum atomic E-state index is -1.09.